The molecule has 0 aliphatic carbocycles. The minimum Gasteiger partial charge on any atom is -0.351 e. The largest absolute Gasteiger partial charge is 0.351 e. The maximum Gasteiger partial charge on any atom is 0.316 e. The van der Waals surface area contributed by atoms with Crippen molar-refractivity contribution in [3.8, 4) is 0 Å². The van der Waals surface area contributed by atoms with Gasteiger partial charge >= 0.3 is 6.03 Å². The fraction of sp³-hybridized carbons (Fsp3) is 0.143. The first-order valence-corrected chi connectivity index (χ1v) is 6.82. The first-order valence-electron chi connectivity index (χ1n) is 6.00. The average molecular weight is 289 g/mol. The molecule has 6 heteroatoms. The van der Waals surface area contributed by atoms with Crippen LogP contribution in [0.5, 0.6) is 0 Å². The third-order valence-corrected chi connectivity index (χ3v) is 3.66. The van der Waals surface area contributed by atoms with Crippen LogP contribution in [-0.2, 0) is 0 Å². The first-order chi connectivity index (χ1) is 9.45. The normalized spacial score (nSPS) is 10.1. The van der Waals surface area contributed by atoms with Gasteiger partial charge in [0.15, 0.2) is 0 Å². The number of hydrogen-bond donors (Lipinski definition) is 3. The van der Waals surface area contributed by atoms with E-state index in [4.69, 9.17) is 5.73 Å². The van der Waals surface area contributed by atoms with Gasteiger partial charge in [0.2, 0.25) is 0 Å². The number of carbonyl (C=O) groups excluding carboxylic acids is 2. The van der Waals surface area contributed by atoms with Crippen LogP contribution in [0.15, 0.2) is 30.3 Å². The van der Waals surface area contributed by atoms with Crippen molar-refractivity contribution in [1.82, 2.24) is 0 Å². The molecule has 0 bridgehead atoms. The van der Waals surface area contributed by atoms with Gasteiger partial charge in [0, 0.05) is 21.1 Å². The Balaban J connectivity index is 2.08. The van der Waals surface area contributed by atoms with Crippen LogP contribution >= 0.6 is 11.3 Å². The number of thiophene rings is 1. The highest BCUT2D eigenvalue weighted by molar-refractivity contribution is 7.12. The van der Waals surface area contributed by atoms with E-state index < -0.39 is 6.03 Å². The minimum absolute atomic E-state index is 0.137. The second-order valence-electron chi connectivity index (χ2n) is 4.35. The smallest absolute Gasteiger partial charge is 0.316 e. The molecule has 2 aromatic rings. The summed E-state index contributed by atoms with van der Waals surface area (Å²) in [6, 6.07) is 8.01. The fourth-order valence-corrected chi connectivity index (χ4v) is 2.76. The number of nitrogens with one attached hydrogen (secondary N) is 2. The van der Waals surface area contributed by atoms with Crippen LogP contribution in [0, 0.1) is 13.8 Å². The summed E-state index contributed by atoms with van der Waals surface area (Å²) >= 11 is 1.60. The molecule has 0 saturated carbocycles. The van der Waals surface area contributed by atoms with Crippen molar-refractivity contribution in [3.05, 3.63) is 45.6 Å². The molecule has 2 rings (SSSR count). The number of hydrogen-bond acceptors (Lipinski definition) is 3. The van der Waals surface area contributed by atoms with Gasteiger partial charge in [0.05, 0.1) is 5.56 Å². The zero-order valence-electron chi connectivity index (χ0n) is 11.2. The Labute approximate surface area is 120 Å². The first kappa shape index (κ1) is 14.1. The number of benzene rings is 1. The molecule has 3 amide bonds. The average Bonchev–Trinajstić information content (AvgIpc) is 2.70. The molecule has 5 nitrogen and oxygen atoms in total. The van der Waals surface area contributed by atoms with Gasteiger partial charge < -0.3 is 16.4 Å². The second kappa shape index (κ2) is 5.75. The van der Waals surface area contributed by atoms with E-state index in [1.807, 2.05) is 19.9 Å². The van der Waals surface area contributed by atoms with Crippen molar-refractivity contribution in [2.75, 3.05) is 10.6 Å². The van der Waals surface area contributed by atoms with Gasteiger partial charge in [-0.15, -0.1) is 11.3 Å². The number of primary amides is 1. The van der Waals surface area contributed by atoms with Gasteiger partial charge in [-0.2, -0.15) is 0 Å². The molecule has 1 aromatic heterocycles. The van der Waals surface area contributed by atoms with Crippen molar-refractivity contribution < 1.29 is 9.59 Å². The molecule has 1 heterocycles. The van der Waals surface area contributed by atoms with E-state index in [-0.39, 0.29) is 5.91 Å². The Morgan fingerprint density at radius 2 is 1.60 bits per heavy atom. The van der Waals surface area contributed by atoms with Gasteiger partial charge in [-0.1, -0.05) is 0 Å². The SMILES string of the molecule is Cc1cc(C(=O)Nc2ccc(NC(N)=O)cc2)c(C)s1. The Morgan fingerprint density at radius 3 is 2.05 bits per heavy atom. The van der Waals surface area contributed by atoms with Crippen molar-refractivity contribution in [2.45, 2.75) is 13.8 Å². The van der Waals surface area contributed by atoms with E-state index in [2.05, 4.69) is 10.6 Å². The molecule has 0 atom stereocenters. The predicted octanol–water partition coefficient (Wildman–Crippen LogP) is 3.11. The summed E-state index contributed by atoms with van der Waals surface area (Å²) in [4.78, 5) is 24.9. The molecule has 0 spiro atoms. The third kappa shape index (κ3) is 3.36. The van der Waals surface area contributed by atoms with Gasteiger partial charge in [-0.05, 0) is 44.2 Å². The molecule has 0 aliphatic rings. The zero-order valence-corrected chi connectivity index (χ0v) is 12.0. The van der Waals surface area contributed by atoms with Crippen molar-refractivity contribution >= 4 is 34.6 Å². The molecular formula is C14H15N3O2S. The molecule has 20 heavy (non-hydrogen) atoms. The lowest BCUT2D eigenvalue weighted by Crippen LogP contribution is -2.19. The summed E-state index contributed by atoms with van der Waals surface area (Å²) in [5.74, 6) is -0.137. The molecule has 0 aliphatic heterocycles. The number of nitrogens with two attached hydrogens (primary N) is 1. The van der Waals surface area contributed by atoms with E-state index in [1.165, 1.54) is 0 Å². The molecular weight excluding hydrogens is 274 g/mol. The molecule has 0 saturated heterocycles. The summed E-state index contributed by atoms with van der Waals surface area (Å²) in [7, 11) is 0. The summed E-state index contributed by atoms with van der Waals surface area (Å²) in [6.07, 6.45) is 0. The molecule has 104 valence electrons. The Hall–Kier alpha value is -2.34. The van der Waals surface area contributed by atoms with E-state index >= 15 is 0 Å². The van der Waals surface area contributed by atoms with Crippen LogP contribution < -0.4 is 16.4 Å². The highest BCUT2D eigenvalue weighted by Crippen LogP contribution is 2.22. The van der Waals surface area contributed by atoms with Crippen LogP contribution in [0.25, 0.3) is 0 Å². The lowest BCUT2D eigenvalue weighted by Gasteiger charge is -2.06. The fourth-order valence-electron chi connectivity index (χ4n) is 1.83. The van der Waals surface area contributed by atoms with Crippen LogP contribution in [0.3, 0.4) is 0 Å². The molecule has 0 fully saturated rings. The quantitative estimate of drug-likeness (QED) is 0.811. The third-order valence-electron chi connectivity index (χ3n) is 2.70. The molecule has 1 aromatic carbocycles. The molecule has 0 unspecified atom stereocenters. The minimum atomic E-state index is -0.619. The summed E-state index contributed by atoms with van der Waals surface area (Å²) in [6.45, 7) is 3.89. The number of carbonyl (C=O) groups is 2. The van der Waals surface area contributed by atoms with Crippen LogP contribution in [0.2, 0.25) is 0 Å². The standard InChI is InChI=1S/C14H15N3O2S/c1-8-7-12(9(2)20-8)13(18)16-10-3-5-11(6-4-10)17-14(15)19/h3-7H,1-2H3,(H,16,18)(H3,15,17,19). The lowest BCUT2D eigenvalue weighted by atomic mass is 10.2. The van der Waals surface area contributed by atoms with Crippen molar-refractivity contribution in [2.24, 2.45) is 5.73 Å². The maximum absolute atomic E-state index is 12.1. The van der Waals surface area contributed by atoms with Gasteiger partial charge in [-0.25, -0.2) is 4.79 Å². The maximum atomic E-state index is 12.1. The van der Waals surface area contributed by atoms with Crippen LogP contribution in [0.1, 0.15) is 20.1 Å². The number of amides is 3. The highest BCUT2D eigenvalue weighted by atomic mass is 32.1. The number of rotatable bonds is 3. The van der Waals surface area contributed by atoms with Crippen molar-refractivity contribution in [1.29, 1.82) is 0 Å². The second-order valence-corrected chi connectivity index (χ2v) is 5.81. The number of aryl methyl sites for hydroxylation is 2. The lowest BCUT2D eigenvalue weighted by molar-refractivity contribution is 0.102. The number of urea groups is 1. The summed E-state index contributed by atoms with van der Waals surface area (Å²) < 4.78 is 0. The Kier molecular flexibility index (Phi) is 4.05. The van der Waals surface area contributed by atoms with Crippen LogP contribution in [-0.4, -0.2) is 11.9 Å². The van der Waals surface area contributed by atoms with Gasteiger partial charge in [-0.3, -0.25) is 4.79 Å². The zero-order chi connectivity index (χ0) is 14.7. The van der Waals surface area contributed by atoms with E-state index in [0.717, 1.165) is 9.75 Å². The Morgan fingerprint density at radius 1 is 1.05 bits per heavy atom. The Bertz CT molecular complexity index is 647. The van der Waals surface area contributed by atoms with E-state index in [0.29, 0.717) is 16.9 Å². The monoisotopic (exact) mass is 289 g/mol. The molecule has 0 radical (unpaired) electrons. The highest BCUT2D eigenvalue weighted by Gasteiger charge is 2.12. The topological polar surface area (TPSA) is 84.2 Å². The number of anilines is 2. The van der Waals surface area contributed by atoms with E-state index in [1.54, 1.807) is 35.6 Å². The summed E-state index contributed by atoms with van der Waals surface area (Å²) in [5.41, 5.74) is 6.95. The van der Waals surface area contributed by atoms with E-state index in [9.17, 15) is 9.59 Å². The summed E-state index contributed by atoms with van der Waals surface area (Å²) in [5, 5.41) is 5.27. The van der Waals surface area contributed by atoms with Crippen LogP contribution in [0.4, 0.5) is 16.2 Å². The van der Waals surface area contributed by atoms with Gasteiger partial charge in [0.1, 0.15) is 0 Å². The predicted molar refractivity (Wildman–Crippen MR) is 81.4 cm³/mol. The van der Waals surface area contributed by atoms with Crippen molar-refractivity contribution in [3.63, 3.8) is 0 Å². The molecule has 4 N–H and O–H groups in total. The van der Waals surface area contributed by atoms with Gasteiger partial charge in [0.25, 0.3) is 5.91 Å².